The summed E-state index contributed by atoms with van der Waals surface area (Å²) in [6, 6.07) is 11.8. The Morgan fingerprint density at radius 3 is 2.69 bits per heavy atom. The Hall–Kier alpha value is -3.13. The van der Waals surface area contributed by atoms with Crippen LogP contribution in [0.1, 0.15) is 35.7 Å². The third-order valence-electron chi connectivity index (χ3n) is 5.21. The van der Waals surface area contributed by atoms with Crippen LogP contribution in [0.2, 0.25) is 0 Å². The van der Waals surface area contributed by atoms with Gasteiger partial charge in [-0.2, -0.15) is 0 Å². The van der Waals surface area contributed by atoms with E-state index in [2.05, 4.69) is 17.2 Å². The molecule has 1 aromatic carbocycles. The summed E-state index contributed by atoms with van der Waals surface area (Å²) >= 11 is 1.61. The number of benzene rings is 1. The van der Waals surface area contributed by atoms with E-state index >= 15 is 0 Å². The fraction of sp³-hybridized carbons (Fsp3) is 0.333. The minimum atomic E-state index is 0.0360. The van der Waals surface area contributed by atoms with Crippen LogP contribution in [-0.4, -0.2) is 33.7 Å². The van der Waals surface area contributed by atoms with Gasteiger partial charge in [0.25, 0.3) is 0 Å². The number of pyridine rings is 1. The first-order valence-electron chi connectivity index (χ1n) is 10.7. The van der Waals surface area contributed by atoms with Crippen LogP contribution in [0.15, 0.2) is 47.8 Å². The van der Waals surface area contributed by atoms with E-state index in [4.69, 9.17) is 14.7 Å². The van der Waals surface area contributed by atoms with E-state index in [0.29, 0.717) is 30.5 Å². The molecule has 0 bridgehead atoms. The van der Waals surface area contributed by atoms with Gasteiger partial charge in [-0.1, -0.05) is 30.8 Å². The van der Waals surface area contributed by atoms with Gasteiger partial charge in [-0.05, 0) is 48.7 Å². The lowest BCUT2D eigenvalue weighted by Crippen LogP contribution is -2.26. The van der Waals surface area contributed by atoms with Crippen molar-refractivity contribution >= 4 is 29.3 Å². The molecule has 1 N–H and O–H groups in total. The molecular weight excluding hydrogens is 422 g/mol. The van der Waals surface area contributed by atoms with E-state index in [9.17, 15) is 4.79 Å². The third kappa shape index (κ3) is 5.02. The van der Waals surface area contributed by atoms with Gasteiger partial charge in [-0.3, -0.25) is 14.7 Å². The first-order chi connectivity index (χ1) is 15.6. The molecule has 1 aliphatic rings. The van der Waals surface area contributed by atoms with Gasteiger partial charge < -0.3 is 10.1 Å². The second-order valence-corrected chi connectivity index (χ2v) is 8.73. The average molecular weight is 450 g/mol. The zero-order valence-corrected chi connectivity index (χ0v) is 19.4. The van der Waals surface area contributed by atoms with Crippen LogP contribution < -0.4 is 15.0 Å². The molecule has 0 saturated carbocycles. The van der Waals surface area contributed by atoms with Crippen molar-refractivity contribution in [2.24, 2.45) is 0 Å². The minimum Gasteiger partial charge on any atom is -0.497 e. The van der Waals surface area contributed by atoms with Gasteiger partial charge in [0.2, 0.25) is 5.91 Å². The molecule has 3 aromatic rings. The van der Waals surface area contributed by atoms with Crippen LogP contribution in [0, 0.1) is 6.92 Å². The van der Waals surface area contributed by atoms with Crippen molar-refractivity contribution < 1.29 is 9.53 Å². The first-order valence-corrected chi connectivity index (χ1v) is 11.7. The van der Waals surface area contributed by atoms with E-state index < -0.39 is 0 Å². The number of amides is 1. The van der Waals surface area contributed by atoms with Gasteiger partial charge in [0.05, 0.1) is 20.1 Å². The Bertz CT molecular complexity index is 1100. The molecule has 1 aliphatic heterocycles. The molecule has 7 nitrogen and oxygen atoms in total. The van der Waals surface area contributed by atoms with Crippen LogP contribution in [0.5, 0.6) is 5.75 Å². The molecule has 8 heteroatoms. The highest BCUT2D eigenvalue weighted by Crippen LogP contribution is 2.35. The quantitative estimate of drug-likeness (QED) is 0.383. The number of hydrogen-bond acceptors (Lipinski definition) is 7. The molecule has 2 aromatic heterocycles. The van der Waals surface area contributed by atoms with E-state index in [1.54, 1.807) is 30.0 Å². The number of aromatic nitrogens is 3. The number of nitrogens with zero attached hydrogens (tertiary/aromatic N) is 4. The number of hydrogen-bond donors (Lipinski definition) is 1. The summed E-state index contributed by atoms with van der Waals surface area (Å²) in [7, 11) is 1.66. The maximum absolute atomic E-state index is 12.9. The number of rotatable bonds is 9. The molecule has 0 aliphatic carbocycles. The Morgan fingerprint density at radius 1 is 1.16 bits per heavy atom. The lowest BCUT2D eigenvalue weighted by molar-refractivity contribution is -0.117. The number of anilines is 2. The molecule has 0 spiro atoms. The number of methoxy groups -OCH3 is 1. The predicted octanol–water partition coefficient (Wildman–Crippen LogP) is 4.39. The Kier molecular flexibility index (Phi) is 6.90. The molecule has 166 valence electrons. The molecule has 32 heavy (non-hydrogen) atoms. The van der Waals surface area contributed by atoms with Crippen LogP contribution in [0.25, 0.3) is 0 Å². The predicted molar refractivity (Wildman–Crippen MR) is 127 cm³/mol. The van der Waals surface area contributed by atoms with E-state index in [-0.39, 0.29) is 5.91 Å². The summed E-state index contributed by atoms with van der Waals surface area (Å²) in [5, 5.41) is 4.12. The molecule has 0 atom stereocenters. The molecule has 0 saturated heterocycles. The minimum absolute atomic E-state index is 0.0360. The zero-order valence-electron chi connectivity index (χ0n) is 18.6. The Labute approximate surface area is 192 Å². The number of thioether (sulfide) groups is 1. The normalized spacial score (nSPS) is 12.7. The fourth-order valence-electron chi connectivity index (χ4n) is 3.58. The largest absolute Gasteiger partial charge is 0.497 e. The lowest BCUT2D eigenvalue weighted by Gasteiger charge is -2.18. The first kappa shape index (κ1) is 22.1. The third-order valence-corrected chi connectivity index (χ3v) is 6.26. The van der Waals surface area contributed by atoms with E-state index in [1.807, 2.05) is 43.3 Å². The maximum Gasteiger partial charge on any atom is 0.233 e. The summed E-state index contributed by atoms with van der Waals surface area (Å²) < 4.78 is 5.23. The smallest absolute Gasteiger partial charge is 0.233 e. The molecule has 0 fully saturated rings. The van der Waals surface area contributed by atoms with Crippen LogP contribution in [0.3, 0.4) is 0 Å². The van der Waals surface area contributed by atoms with Gasteiger partial charge in [0.15, 0.2) is 5.16 Å². The van der Waals surface area contributed by atoms with E-state index in [1.165, 1.54) is 0 Å². The summed E-state index contributed by atoms with van der Waals surface area (Å²) in [6.07, 6.45) is 3.10. The molecular formula is C24H27N5O2S. The highest BCUT2D eigenvalue weighted by atomic mass is 32.2. The number of ether oxygens (including phenoxy) is 1. The standard InChI is InChI=1S/C24H27N5O2S/c1-4-11-32-24-27-22(26-14-17-5-7-19(31-3)8-6-17)20-13-21(30)29(23(20)28-24)15-18-9-10-25-16(2)12-18/h5-10,12H,4,11,13-15H2,1-3H3,(H,26,27,28). The molecule has 1 amide bonds. The molecule has 3 heterocycles. The highest BCUT2D eigenvalue weighted by molar-refractivity contribution is 7.99. The van der Waals surface area contributed by atoms with Gasteiger partial charge in [0.1, 0.15) is 17.4 Å². The van der Waals surface area contributed by atoms with Gasteiger partial charge >= 0.3 is 0 Å². The van der Waals surface area contributed by atoms with Crippen LogP contribution in [-0.2, 0) is 24.3 Å². The lowest BCUT2D eigenvalue weighted by atomic mass is 10.2. The summed E-state index contributed by atoms with van der Waals surface area (Å²) in [5.74, 6) is 3.21. The topological polar surface area (TPSA) is 80.2 Å². The highest BCUT2D eigenvalue weighted by Gasteiger charge is 2.32. The summed E-state index contributed by atoms with van der Waals surface area (Å²) in [6.45, 7) is 5.15. The van der Waals surface area contributed by atoms with Crippen molar-refractivity contribution in [2.45, 2.75) is 44.9 Å². The summed E-state index contributed by atoms with van der Waals surface area (Å²) in [4.78, 5) is 28.5. The second-order valence-electron chi connectivity index (χ2n) is 7.67. The SMILES string of the molecule is CCCSc1nc(NCc2ccc(OC)cc2)c2c(n1)N(Cc1ccnc(C)c1)C(=O)C2. The van der Waals surface area contributed by atoms with Crippen molar-refractivity contribution in [3.05, 3.63) is 65.0 Å². The van der Waals surface area contributed by atoms with Gasteiger partial charge in [0, 0.05) is 29.8 Å². The van der Waals surface area contributed by atoms with Crippen molar-refractivity contribution in [2.75, 3.05) is 23.1 Å². The number of carbonyl (C=O) groups is 1. The number of aryl methyl sites for hydroxylation is 1. The molecule has 0 radical (unpaired) electrons. The van der Waals surface area contributed by atoms with E-state index in [0.717, 1.165) is 46.1 Å². The van der Waals surface area contributed by atoms with Crippen molar-refractivity contribution in [1.82, 2.24) is 15.0 Å². The van der Waals surface area contributed by atoms with Crippen LogP contribution >= 0.6 is 11.8 Å². The van der Waals surface area contributed by atoms with Gasteiger partial charge in [-0.25, -0.2) is 9.97 Å². The molecule has 4 rings (SSSR count). The number of fused-ring (bicyclic) bond motifs is 1. The Balaban J connectivity index is 1.62. The fourth-order valence-corrected chi connectivity index (χ4v) is 4.28. The maximum atomic E-state index is 12.9. The van der Waals surface area contributed by atoms with Crippen LogP contribution in [0.4, 0.5) is 11.6 Å². The molecule has 0 unspecified atom stereocenters. The Morgan fingerprint density at radius 2 is 1.97 bits per heavy atom. The number of nitrogens with one attached hydrogen (secondary N) is 1. The van der Waals surface area contributed by atoms with Crippen molar-refractivity contribution in [3.8, 4) is 5.75 Å². The van der Waals surface area contributed by atoms with Crippen molar-refractivity contribution in [1.29, 1.82) is 0 Å². The van der Waals surface area contributed by atoms with Crippen molar-refractivity contribution in [3.63, 3.8) is 0 Å². The summed E-state index contributed by atoms with van der Waals surface area (Å²) in [5.41, 5.74) is 3.93. The second kappa shape index (κ2) is 9.99. The number of carbonyl (C=O) groups excluding carboxylic acids is 1. The average Bonchev–Trinajstić information content (AvgIpc) is 3.11. The zero-order chi connectivity index (χ0) is 22.5. The monoisotopic (exact) mass is 449 g/mol. The van der Waals surface area contributed by atoms with Gasteiger partial charge in [-0.15, -0.1) is 0 Å².